The Labute approximate surface area is 134 Å². The standard InChI is InChI=1S/C18H29N3O/c1-14(2)11-15-3-5-16(6-4-15)12-20-17-7-9-21(10-8-17)13-18(19)22/h3-6,14,17,20H,7-13H2,1-2H3,(H2,19,22). The molecule has 2 rings (SSSR count). The van der Waals surface area contributed by atoms with Crippen molar-refractivity contribution in [2.75, 3.05) is 19.6 Å². The zero-order valence-corrected chi connectivity index (χ0v) is 13.8. The van der Waals surface area contributed by atoms with E-state index in [1.165, 1.54) is 11.1 Å². The molecular formula is C18H29N3O. The summed E-state index contributed by atoms with van der Waals surface area (Å²) in [6.45, 7) is 7.72. The molecule has 122 valence electrons. The van der Waals surface area contributed by atoms with Gasteiger partial charge in [0.05, 0.1) is 6.54 Å². The molecule has 0 aliphatic carbocycles. The van der Waals surface area contributed by atoms with Crippen molar-refractivity contribution in [3.05, 3.63) is 35.4 Å². The smallest absolute Gasteiger partial charge is 0.231 e. The molecule has 4 nitrogen and oxygen atoms in total. The molecule has 22 heavy (non-hydrogen) atoms. The number of nitrogens with one attached hydrogen (secondary N) is 1. The lowest BCUT2D eigenvalue weighted by molar-refractivity contribution is -0.119. The average Bonchev–Trinajstić information content (AvgIpc) is 2.47. The second-order valence-corrected chi connectivity index (χ2v) is 6.81. The maximum absolute atomic E-state index is 10.9. The SMILES string of the molecule is CC(C)Cc1ccc(CNC2CCN(CC(N)=O)CC2)cc1. The summed E-state index contributed by atoms with van der Waals surface area (Å²) in [7, 11) is 0. The molecule has 1 fully saturated rings. The Morgan fingerprint density at radius 1 is 1.23 bits per heavy atom. The highest BCUT2D eigenvalue weighted by Gasteiger charge is 2.19. The van der Waals surface area contributed by atoms with Crippen LogP contribution in [-0.4, -0.2) is 36.5 Å². The van der Waals surface area contributed by atoms with Crippen LogP contribution >= 0.6 is 0 Å². The Morgan fingerprint density at radius 2 is 1.82 bits per heavy atom. The van der Waals surface area contributed by atoms with Gasteiger partial charge in [0.15, 0.2) is 0 Å². The summed E-state index contributed by atoms with van der Waals surface area (Å²) < 4.78 is 0. The molecule has 1 aliphatic heterocycles. The molecule has 0 bridgehead atoms. The fourth-order valence-electron chi connectivity index (χ4n) is 3.04. The molecule has 1 aromatic rings. The Kier molecular flexibility index (Phi) is 6.40. The molecule has 1 amide bonds. The van der Waals surface area contributed by atoms with E-state index in [0.717, 1.165) is 38.9 Å². The maximum atomic E-state index is 10.9. The third-order valence-corrected chi connectivity index (χ3v) is 4.23. The predicted octanol–water partition coefficient (Wildman–Crippen LogP) is 1.92. The molecular weight excluding hydrogens is 274 g/mol. The fourth-order valence-corrected chi connectivity index (χ4v) is 3.04. The first-order chi connectivity index (χ1) is 10.5. The number of hydrogen-bond acceptors (Lipinski definition) is 3. The van der Waals surface area contributed by atoms with E-state index >= 15 is 0 Å². The number of nitrogens with two attached hydrogens (primary N) is 1. The van der Waals surface area contributed by atoms with Crippen LogP contribution in [0.5, 0.6) is 0 Å². The molecule has 3 N–H and O–H groups in total. The van der Waals surface area contributed by atoms with Gasteiger partial charge in [0.25, 0.3) is 0 Å². The van der Waals surface area contributed by atoms with Crippen LogP contribution in [0, 0.1) is 5.92 Å². The topological polar surface area (TPSA) is 58.4 Å². The van der Waals surface area contributed by atoms with Crippen LogP contribution in [0.3, 0.4) is 0 Å². The molecule has 4 heteroatoms. The number of nitrogens with zero attached hydrogens (tertiary/aromatic N) is 1. The summed E-state index contributed by atoms with van der Waals surface area (Å²) in [5.74, 6) is 0.474. The minimum Gasteiger partial charge on any atom is -0.369 e. The summed E-state index contributed by atoms with van der Waals surface area (Å²) in [6, 6.07) is 9.48. The minimum absolute atomic E-state index is 0.229. The summed E-state index contributed by atoms with van der Waals surface area (Å²) in [5, 5.41) is 3.63. The van der Waals surface area contributed by atoms with Gasteiger partial charge in [-0.05, 0) is 36.3 Å². The van der Waals surface area contributed by atoms with Gasteiger partial charge in [0.2, 0.25) is 5.91 Å². The molecule has 1 saturated heterocycles. The molecule has 0 unspecified atom stereocenters. The van der Waals surface area contributed by atoms with Gasteiger partial charge in [-0.15, -0.1) is 0 Å². The predicted molar refractivity (Wildman–Crippen MR) is 90.5 cm³/mol. The molecule has 0 atom stereocenters. The average molecular weight is 303 g/mol. The molecule has 1 aromatic carbocycles. The van der Waals surface area contributed by atoms with E-state index in [4.69, 9.17) is 5.73 Å². The van der Waals surface area contributed by atoms with E-state index in [9.17, 15) is 4.79 Å². The fraction of sp³-hybridized carbons (Fsp3) is 0.611. The zero-order valence-electron chi connectivity index (χ0n) is 13.8. The summed E-state index contributed by atoms with van der Waals surface area (Å²) in [4.78, 5) is 13.1. The molecule has 1 aliphatic rings. The number of benzene rings is 1. The quantitative estimate of drug-likeness (QED) is 0.809. The number of piperidine rings is 1. The van der Waals surface area contributed by atoms with E-state index in [1.54, 1.807) is 0 Å². The van der Waals surface area contributed by atoms with Gasteiger partial charge in [0, 0.05) is 25.7 Å². The van der Waals surface area contributed by atoms with Crippen LogP contribution in [0.1, 0.15) is 37.8 Å². The Balaban J connectivity index is 1.71. The number of rotatable bonds is 7. The third-order valence-electron chi connectivity index (χ3n) is 4.23. The summed E-state index contributed by atoms with van der Waals surface area (Å²) >= 11 is 0. The highest BCUT2D eigenvalue weighted by atomic mass is 16.1. The summed E-state index contributed by atoms with van der Waals surface area (Å²) in [5.41, 5.74) is 7.99. The van der Waals surface area contributed by atoms with Gasteiger partial charge in [-0.2, -0.15) is 0 Å². The van der Waals surface area contributed by atoms with Gasteiger partial charge < -0.3 is 11.1 Å². The van der Waals surface area contributed by atoms with Crippen LogP contribution in [0.25, 0.3) is 0 Å². The second-order valence-electron chi connectivity index (χ2n) is 6.81. The van der Waals surface area contributed by atoms with E-state index in [2.05, 4.69) is 48.3 Å². The van der Waals surface area contributed by atoms with Crippen LogP contribution < -0.4 is 11.1 Å². The highest BCUT2D eigenvalue weighted by molar-refractivity contribution is 5.75. The number of primary amides is 1. The van der Waals surface area contributed by atoms with Crippen molar-refractivity contribution in [2.45, 2.75) is 45.7 Å². The van der Waals surface area contributed by atoms with E-state index in [0.29, 0.717) is 18.5 Å². The number of carbonyl (C=O) groups is 1. The van der Waals surface area contributed by atoms with Crippen molar-refractivity contribution in [2.24, 2.45) is 11.7 Å². The zero-order chi connectivity index (χ0) is 15.9. The van der Waals surface area contributed by atoms with Crippen molar-refractivity contribution in [1.82, 2.24) is 10.2 Å². The van der Waals surface area contributed by atoms with Crippen molar-refractivity contribution in [3.63, 3.8) is 0 Å². The first-order valence-corrected chi connectivity index (χ1v) is 8.35. The number of likely N-dealkylation sites (tertiary alicyclic amines) is 1. The van der Waals surface area contributed by atoms with Gasteiger partial charge in [0.1, 0.15) is 0 Å². The first-order valence-electron chi connectivity index (χ1n) is 8.35. The Morgan fingerprint density at radius 3 is 2.36 bits per heavy atom. The molecule has 0 radical (unpaired) electrons. The number of carbonyl (C=O) groups excluding carboxylic acids is 1. The Bertz CT molecular complexity index is 462. The normalized spacial score (nSPS) is 17.0. The largest absolute Gasteiger partial charge is 0.369 e. The molecule has 0 aromatic heterocycles. The highest BCUT2D eigenvalue weighted by Crippen LogP contribution is 2.12. The van der Waals surface area contributed by atoms with Crippen molar-refractivity contribution in [3.8, 4) is 0 Å². The van der Waals surface area contributed by atoms with Gasteiger partial charge in [-0.1, -0.05) is 38.1 Å². The number of amides is 1. The second kappa shape index (κ2) is 8.30. The molecule has 0 spiro atoms. The van der Waals surface area contributed by atoms with E-state index in [-0.39, 0.29) is 5.91 Å². The lowest BCUT2D eigenvalue weighted by Crippen LogP contribution is -2.45. The first kappa shape index (κ1) is 17.0. The van der Waals surface area contributed by atoms with E-state index < -0.39 is 0 Å². The lowest BCUT2D eigenvalue weighted by atomic mass is 10.0. The maximum Gasteiger partial charge on any atom is 0.231 e. The molecule has 0 saturated carbocycles. The van der Waals surface area contributed by atoms with Gasteiger partial charge in [-0.25, -0.2) is 0 Å². The number of hydrogen-bond donors (Lipinski definition) is 2. The van der Waals surface area contributed by atoms with Crippen LogP contribution in [0.15, 0.2) is 24.3 Å². The van der Waals surface area contributed by atoms with Gasteiger partial charge >= 0.3 is 0 Å². The monoisotopic (exact) mass is 303 g/mol. The van der Waals surface area contributed by atoms with Crippen molar-refractivity contribution >= 4 is 5.91 Å². The third kappa shape index (κ3) is 5.78. The van der Waals surface area contributed by atoms with Crippen LogP contribution in [0.4, 0.5) is 0 Å². The van der Waals surface area contributed by atoms with Gasteiger partial charge in [-0.3, -0.25) is 9.69 Å². The van der Waals surface area contributed by atoms with Crippen LogP contribution in [0.2, 0.25) is 0 Å². The lowest BCUT2D eigenvalue weighted by Gasteiger charge is -2.31. The van der Waals surface area contributed by atoms with Crippen LogP contribution in [-0.2, 0) is 17.8 Å². The minimum atomic E-state index is -0.229. The van der Waals surface area contributed by atoms with Crippen molar-refractivity contribution < 1.29 is 4.79 Å². The summed E-state index contributed by atoms with van der Waals surface area (Å²) in [6.07, 6.45) is 3.31. The van der Waals surface area contributed by atoms with Crippen molar-refractivity contribution in [1.29, 1.82) is 0 Å². The van der Waals surface area contributed by atoms with E-state index in [1.807, 2.05) is 0 Å². The Hall–Kier alpha value is -1.39. The molecule has 1 heterocycles.